The van der Waals surface area contributed by atoms with Gasteiger partial charge in [-0.25, -0.2) is 13.8 Å². The number of nitrogens with one attached hydrogen (secondary N) is 1. The van der Waals surface area contributed by atoms with Crippen LogP contribution in [0.2, 0.25) is 0 Å². The number of hydrogen-bond acceptors (Lipinski definition) is 6. The quantitative estimate of drug-likeness (QED) is 0.291. The van der Waals surface area contributed by atoms with Crippen molar-refractivity contribution < 1.29 is 17.9 Å². The van der Waals surface area contributed by atoms with Gasteiger partial charge in [0, 0.05) is 18.8 Å². The molecule has 0 saturated heterocycles. The van der Waals surface area contributed by atoms with E-state index in [1.165, 1.54) is 18.3 Å². The summed E-state index contributed by atoms with van der Waals surface area (Å²) in [4.78, 5) is 15.0. The summed E-state index contributed by atoms with van der Waals surface area (Å²) in [7, 11) is -4.02. The highest BCUT2D eigenvalue weighted by molar-refractivity contribution is 7.92. The van der Waals surface area contributed by atoms with Crippen LogP contribution in [-0.2, 0) is 14.8 Å². The number of para-hydroxylation sites is 1. The van der Waals surface area contributed by atoms with E-state index in [2.05, 4.69) is 29.3 Å². The van der Waals surface area contributed by atoms with Gasteiger partial charge in [-0.15, -0.1) is 0 Å². The molecular formula is C27H32N4O4S. The van der Waals surface area contributed by atoms with E-state index in [9.17, 15) is 13.2 Å². The largest absolute Gasteiger partial charge is 0.494 e. The highest BCUT2D eigenvalue weighted by Crippen LogP contribution is 2.25. The summed E-state index contributed by atoms with van der Waals surface area (Å²) in [6.07, 6.45) is 1.53. The lowest BCUT2D eigenvalue weighted by Gasteiger charge is -2.23. The predicted molar refractivity (Wildman–Crippen MR) is 144 cm³/mol. The molecule has 3 rings (SSSR count). The fourth-order valence-corrected chi connectivity index (χ4v) is 5.04. The molecule has 3 aromatic rings. The molecule has 36 heavy (non-hydrogen) atoms. The van der Waals surface area contributed by atoms with Crippen molar-refractivity contribution in [2.75, 3.05) is 35.4 Å². The number of hydrogen-bond donors (Lipinski definition) is 1. The number of benzene rings is 3. The average Bonchev–Trinajstić information content (AvgIpc) is 2.90. The topological polar surface area (TPSA) is 91.3 Å². The molecule has 0 aliphatic carbocycles. The van der Waals surface area contributed by atoms with Gasteiger partial charge in [0.05, 0.1) is 23.4 Å². The number of sulfonamides is 1. The fourth-order valence-electron chi connectivity index (χ4n) is 3.62. The zero-order valence-electron chi connectivity index (χ0n) is 20.8. The van der Waals surface area contributed by atoms with Gasteiger partial charge in [-0.1, -0.05) is 30.3 Å². The summed E-state index contributed by atoms with van der Waals surface area (Å²) in [5.41, 5.74) is 4.73. The summed E-state index contributed by atoms with van der Waals surface area (Å²) in [5, 5.41) is 4.01. The number of nitrogens with zero attached hydrogens (tertiary/aromatic N) is 3. The zero-order valence-corrected chi connectivity index (χ0v) is 21.6. The van der Waals surface area contributed by atoms with Crippen LogP contribution in [0.3, 0.4) is 0 Å². The minimum Gasteiger partial charge on any atom is -0.494 e. The summed E-state index contributed by atoms with van der Waals surface area (Å²) in [5.74, 6) is 0.00398. The average molecular weight is 509 g/mol. The van der Waals surface area contributed by atoms with Crippen LogP contribution in [0.25, 0.3) is 0 Å². The summed E-state index contributed by atoms with van der Waals surface area (Å²) >= 11 is 0. The smallest absolute Gasteiger partial charge is 0.264 e. The van der Waals surface area contributed by atoms with Crippen LogP contribution in [0.5, 0.6) is 5.75 Å². The van der Waals surface area contributed by atoms with Gasteiger partial charge in [0.15, 0.2) is 0 Å². The van der Waals surface area contributed by atoms with E-state index in [1.54, 1.807) is 42.5 Å². The number of rotatable bonds is 12. The highest BCUT2D eigenvalue weighted by Gasteiger charge is 2.27. The molecule has 0 unspecified atom stereocenters. The van der Waals surface area contributed by atoms with Gasteiger partial charge in [0.1, 0.15) is 12.3 Å². The first kappa shape index (κ1) is 26.7. The molecule has 0 heterocycles. The number of hydrazone groups is 1. The van der Waals surface area contributed by atoms with Crippen LogP contribution in [0.1, 0.15) is 26.3 Å². The Morgan fingerprint density at radius 1 is 0.889 bits per heavy atom. The summed E-state index contributed by atoms with van der Waals surface area (Å²) in [6.45, 7) is 7.92. The molecule has 0 spiro atoms. The molecular weight excluding hydrogens is 476 g/mol. The lowest BCUT2D eigenvalue weighted by molar-refractivity contribution is -0.119. The number of amides is 1. The first-order valence-electron chi connectivity index (χ1n) is 11.9. The van der Waals surface area contributed by atoms with Gasteiger partial charge in [-0.05, 0) is 74.9 Å². The van der Waals surface area contributed by atoms with Gasteiger partial charge < -0.3 is 9.64 Å². The molecule has 1 amide bonds. The number of carbonyl (C=O) groups is 1. The maximum atomic E-state index is 13.4. The minimum atomic E-state index is -4.02. The maximum Gasteiger partial charge on any atom is 0.264 e. The molecule has 0 aliphatic rings. The maximum absolute atomic E-state index is 13.4. The van der Waals surface area contributed by atoms with Crippen molar-refractivity contribution in [3.05, 3.63) is 84.4 Å². The molecule has 0 bridgehead atoms. The lowest BCUT2D eigenvalue weighted by atomic mass is 10.2. The Labute approximate surface area is 213 Å². The Kier molecular flexibility index (Phi) is 9.46. The summed E-state index contributed by atoms with van der Waals surface area (Å²) < 4.78 is 33.3. The van der Waals surface area contributed by atoms with E-state index in [0.29, 0.717) is 18.0 Å². The third-order valence-corrected chi connectivity index (χ3v) is 7.27. The van der Waals surface area contributed by atoms with Gasteiger partial charge in [0.25, 0.3) is 15.9 Å². The Morgan fingerprint density at radius 3 is 2.11 bits per heavy atom. The molecule has 190 valence electrons. The third kappa shape index (κ3) is 6.85. The minimum absolute atomic E-state index is 0.0550. The molecule has 3 aromatic carbocycles. The van der Waals surface area contributed by atoms with E-state index in [1.807, 2.05) is 31.2 Å². The van der Waals surface area contributed by atoms with E-state index in [-0.39, 0.29) is 4.90 Å². The number of ether oxygens (including phenoxy) is 1. The monoisotopic (exact) mass is 508 g/mol. The lowest BCUT2D eigenvalue weighted by Crippen LogP contribution is -2.39. The van der Waals surface area contributed by atoms with Crippen LogP contribution in [0.4, 0.5) is 11.4 Å². The SMILES string of the molecule is CCOc1ccc(S(=O)(=O)N(CC(=O)N/N=C/c2ccc(N(CC)CC)cc2)c2ccccc2)cc1. The fraction of sp³-hybridized carbons (Fsp3) is 0.259. The molecule has 0 saturated carbocycles. The van der Waals surface area contributed by atoms with Crippen LogP contribution in [-0.4, -0.2) is 46.8 Å². The van der Waals surface area contributed by atoms with Gasteiger partial charge in [0.2, 0.25) is 0 Å². The van der Waals surface area contributed by atoms with Gasteiger partial charge in [-0.3, -0.25) is 9.10 Å². The standard InChI is InChI=1S/C27H32N4O4S/c1-4-30(5-2)23-14-12-22(13-15-23)20-28-29-27(32)21-31(24-10-8-7-9-11-24)36(33,34)26-18-16-25(17-19-26)35-6-3/h7-20H,4-6,21H2,1-3H3,(H,29,32)/b28-20+. The molecule has 0 radical (unpaired) electrons. The zero-order chi connectivity index (χ0) is 26.0. The predicted octanol–water partition coefficient (Wildman–Crippen LogP) is 4.28. The second-order valence-corrected chi connectivity index (χ2v) is 9.67. The van der Waals surface area contributed by atoms with Gasteiger partial charge in [-0.2, -0.15) is 5.10 Å². The first-order valence-corrected chi connectivity index (χ1v) is 13.3. The Morgan fingerprint density at radius 2 is 1.53 bits per heavy atom. The van der Waals surface area contributed by atoms with Crippen LogP contribution in [0, 0.1) is 0 Å². The van der Waals surface area contributed by atoms with Crippen molar-refractivity contribution in [1.82, 2.24) is 5.43 Å². The second kappa shape index (κ2) is 12.7. The van der Waals surface area contributed by atoms with Gasteiger partial charge >= 0.3 is 0 Å². The molecule has 9 heteroatoms. The molecule has 0 aliphatic heterocycles. The van der Waals surface area contributed by atoms with Crippen LogP contribution < -0.4 is 19.4 Å². The number of anilines is 2. The van der Waals surface area contributed by atoms with Crippen molar-refractivity contribution in [3.8, 4) is 5.75 Å². The first-order chi connectivity index (χ1) is 17.4. The van der Waals surface area contributed by atoms with E-state index in [0.717, 1.165) is 28.6 Å². The van der Waals surface area contributed by atoms with Crippen molar-refractivity contribution in [2.24, 2.45) is 5.10 Å². The molecule has 0 fully saturated rings. The van der Waals surface area contributed by atoms with Crippen molar-refractivity contribution in [2.45, 2.75) is 25.7 Å². The molecule has 8 nitrogen and oxygen atoms in total. The van der Waals surface area contributed by atoms with Crippen molar-refractivity contribution >= 4 is 33.5 Å². The van der Waals surface area contributed by atoms with Crippen molar-refractivity contribution in [3.63, 3.8) is 0 Å². The number of carbonyl (C=O) groups excluding carboxylic acids is 1. The highest BCUT2D eigenvalue weighted by atomic mass is 32.2. The Balaban J connectivity index is 1.74. The molecule has 1 N–H and O–H groups in total. The second-order valence-electron chi connectivity index (χ2n) is 7.81. The van der Waals surface area contributed by atoms with Crippen LogP contribution in [0.15, 0.2) is 88.9 Å². The van der Waals surface area contributed by atoms with Crippen LogP contribution >= 0.6 is 0 Å². The Hall–Kier alpha value is -3.85. The van der Waals surface area contributed by atoms with E-state index < -0.39 is 22.5 Å². The normalized spacial score (nSPS) is 11.3. The molecule has 0 aromatic heterocycles. The third-order valence-electron chi connectivity index (χ3n) is 5.48. The summed E-state index contributed by atoms with van der Waals surface area (Å²) in [6, 6.07) is 22.4. The van der Waals surface area contributed by atoms with E-state index >= 15 is 0 Å². The van der Waals surface area contributed by atoms with E-state index in [4.69, 9.17) is 4.74 Å². The molecule has 0 atom stereocenters. The van der Waals surface area contributed by atoms with Crippen molar-refractivity contribution in [1.29, 1.82) is 0 Å². The Bertz CT molecular complexity index is 1240.